The Morgan fingerprint density at radius 1 is 1.39 bits per heavy atom. The lowest BCUT2D eigenvalue weighted by molar-refractivity contribution is 0.377. The van der Waals surface area contributed by atoms with Gasteiger partial charge in [-0.3, -0.25) is 0 Å². The van der Waals surface area contributed by atoms with Gasteiger partial charge in [0.05, 0.1) is 6.04 Å². The highest BCUT2D eigenvalue weighted by Gasteiger charge is 2.51. The molecule has 0 aliphatic heterocycles. The van der Waals surface area contributed by atoms with Crippen LogP contribution < -0.4 is 5.32 Å². The number of hydrogen-bond acceptors (Lipinski definition) is 2. The summed E-state index contributed by atoms with van der Waals surface area (Å²) in [5, 5.41) is 4.16. The van der Waals surface area contributed by atoms with E-state index in [-0.39, 0.29) is 11.9 Å². The molecule has 18 heavy (non-hydrogen) atoms. The van der Waals surface area contributed by atoms with Crippen molar-refractivity contribution in [1.29, 1.82) is 0 Å². The van der Waals surface area contributed by atoms with Gasteiger partial charge in [0.1, 0.15) is 17.2 Å². The van der Waals surface area contributed by atoms with Crippen molar-refractivity contribution in [3.8, 4) is 0 Å². The molecule has 2 atom stereocenters. The van der Waals surface area contributed by atoms with Crippen molar-refractivity contribution in [2.75, 3.05) is 7.05 Å². The lowest BCUT2D eigenvalue weighted by Gasteiger charge is -2.15. The van der Waals surface area contributed by atoms with Crippen LogP contribution in [0.4, 0.5) is 4.39 Å². The van der Waals surface area contributed by atoms with E-state index in [1.807, 2.05) is 13.1 Å². The summed E-state index contributed by atoms with van der Waals surface area (Å²) in [7, 11) is 1.95. The Labute approximate surface area is 106 Å². The van der Waals surface area contributed by atoms with E-state index in [1.54, 1.807) is 6.07 Å². The van der Waals surface area contributed by atoms with Crippen LogP contribution in [-0.4, -0.2) is 7.05 Å². The summed E-state index contributed by atoms with van der Waals surface area (Å²) in [4.78, 5) is 0. The molecule has 1 N–H and O–H groups in total. The predicted molar refractivity (Wildman–Crippen MR) is 69.9 cm³/mol. The van der Waals surface area contributed by atoms with E-state index in [4.69, 9.17) is 4.42 Å². The molecule has 0 spiro atoms. The molecule has 2 nitrogen and oxygen atoms in total. The number of rotatable bonds is 3. The van der Waals surface area contributed by atoms with Gasteiger partial charge in [-0.05, 0) is 49.1 Å². The smallest absolute Gasteiger partial charge is 0.134 e. The Morgan fingerprint density at radius 2 is 2.11 bits per heavy atom. The second-order valence-electron chi connectivity index (χ2n) is 5.90. The van der Waals surface area contributed by atoms with Gasteiger partial charge in [0.25, 0.3) is 0 Å². The van der Waals surface area contributed by atoms with E-state index in [1.165, 1.54) is 18.6 Å². The summed E-state index contributed by atoms with van der Waals surface area (Å²) in [6, 6.07) is 6.82. The third-order valence-electron chi connectivity index (χ3n) is 4.11. The number of hydrogen-bond donors (Lipinski definition) is 1. The first-order chi connectivity index (χ1) is 8.51. The van der Waals surface area contributed by atoms with Crippen molar-refractivity contribution in [1.82, 2.24) is 5.32 Å². The fraction of sp³-hybridized carbons (Fsp3) is 0.467. The number of furan rings is 1. The zero-order chi connectivity index (χ0) is 12.9. The Morgan fingerprint density at radius 3 is 2.72 bits per heavy atom. The van der Waals surface area contributed by atoms with Gasteiger partial charge in [-0.15, -0.1) is 0 Å². The van der Waals surface area contributed by atoms with E-state index < -0.39 is 0 Å². The number of nitrogens with one attached hydrogen (secondary N) is 1. The minimum Gasteiger partial charge on any atom is -0.459 e. The molecule has 0 radical (unpaired) electrons. The molecule has 1 heterocycles. The van der Waals surface area contributed by atoms with Crippen molar-refractivity contribution < 1.29 is 8.81 Å². The molecule has 2 unspecified atom stereocenters. The second kappa shape index (κ2) is 3.82. The van der Waals surface area contributed by atoms with Crippen LogP contribution in [0.5, 0.6) is 0 Å². The molecular formula is C15H18FNO. The lowest BCUT2D eigenvalue weighted by Crippen LogP contribution is -2.19. The summed E-state index contributed by atoms with van der Waals surface area (Å²) < 4.78 is 19.0. The quantitative estimate of drug-likeness (QED) is 0.890. The molecule has 3 rings (SSSR count). The molecule has 1 fully saturated rings. The summed E-state index contributed by atoms with van der Waals surface area (Å²) >= 11 is 0. The summed E-state index contributed by atoms with van der Waals surface area (Å²) in [6.45, 7) is 4.54. The first-order valence-corrected chi connectivity index (χ1v) is 6.37. The van der Waals surface area contributed by atoms with Crippen LogP contribution in [0.2, 0.25) is 0 Å². The molecule has 0 bridgehead atoms. The molecule has 1 aliphatic carbocycles. The number of fused-ring (bicyclic) bond motifs is 1. The Bertz CT molecular complexity index is 587. The maximum atomic E-state index is 13.2. The Hall–Kier alpha value is -1.35. The first-order valence-electron chi connectivity index (χ1n) is 6.37. The van der Waals surface area contributed by atoms with Crippen LogP contribution in [0, 0.1) is 17.2 Å². The van der Waals surface area contributed by atoms with Crippen LogP contribution in [0.25, 0.3) is 11.0 Å². The molecule has 1 aliphatic rings. The molecule has 2 aromatic rings. The molecule has 1 saturated carbocycles. The van der Waals surface area contributed by atoms with Crippen molar-refractivity contribution in [3.63, 3.8) is 0 Å². The van der Waals surface area contributed by atoms with E-state index in [9.17, 15) is 4.39 Å². The van der Waals surface area contributed by atoms with Gasteiger partial charge in [0.2, 0.25) is 0 Å². The molecule has 0 amide bonds. The molecule has 3 heteroatoms. The third-order valence-corrected chi connectivity index (χ3v) is 4.11. The fourth-order valence-electron chi connectivity index (χ4n) is 2.81. The standard InChI is InChI=1S/C15H18FNO/c1-15(2)8-11(15)14(17-3)13-7-9-6-10(16)4-5-12(9)18-13/h4-7,11,14,17H,8H2,1-3H3. The highest BCUT2D eigenvalue weighted by atomic mass is 19.1. The topological polar surface area (TPSA) is 25.2 Å². The van der Waals surface area contributed by atoms with Gasteiger partial charge < -0.3 is 9.73 Å². The lowest BCUT2D eigenvalue weighted by atomic mass is 10.0. The monoisotopic (exact) mass is 247 g/mol. The maximum Gasteiger partial charge on any atom is 0.134 e. The number of benzene rings is 1. The molecule has 0 saturated heterocycles. The SMILES string of the molecule is CNC(c1cc2cc(F)ccc2o1)C1CC1(C)C. The minimum absolute atomic E-state index is 0.218. The largest absolute Gasteiger partial charge is 0.459 e. The van der Waals surface area contributed by atoms with Crippen LogP contribution in [0.1, 0.15) is 32.1 Å². The molecule has 1 aromatic carbocycles. The van der Waals surface area contributed by atoms with Crippen molar-refractivity contribution in [2.45, 2.75) is 26.3 Å². The van der Waals surface area contributed by atoms with Crippen molar-refractivity contribution in [2.24, 2.45) is 11.3 Å². The third kappa shape index (κ3) is 1.83. The fourth-order valence-corrected chi connectivity index (χ4v) is 2.81. The zero-order valence-electron chi connectivity index (χ0n) is 11.0. The van der Waals surface area contributed by atoms with Crippen molar-refractivity contribution in [3.05, 3.63) is 35.8 Å². The van der Waals surface area contributed by atoms with Gasteiger partial charge in [-0.25, -0.2) is 4.39 Å². The van der Waals surface area contributed by atoms with E-state index >= 15 is 0 Å². The van der Waals surface area contributed by atoms with Gasteiger partial charge >= 0.3 is 0 Å². The highest BCUT2D eigenvalue weighted by molar-refractivity contribution is 5.78. The zero-order valence-corrected chi connectivity index (χ0v) is 11.0. The maximum absolute atomic E-state index is 13.2. The van der Waals surface area contributed by atoms with Gasteiger partial charge in [0.15, 0.2) is 0 Å². The summed E-state index contributed by atoms with van der Waals surface area (Å²) in [6.07, 6.45) is 1.20. The van der Waals surface area contributed by atoms with Gasteiger partial charge in [-0.2, -0.15) is 0 Å². The Kier molecular flexibility index (Phi) is 2.49. The van der Waals surface area contributed by atoms with E-state index in [0.29, 0.717) is 11.3 Å². The average Bonchev–Trinajstić information content (AvgIpc) is 2.74. The molecule has 1 aromatic heterocycles. The van der Waals surface area contributed by atoms with E-state index in [2.05, 4.69) is 19.2 Å². The summed E-state index contributed by atoms with van der Waals surface area (Å²) in [5.41, 5.74) is 1.13. The van der Waals surface area contributed by atoms with Crippen LogP contribution >= 0.6 is 0 Å². The Balaban J connectivity index is 1.98. The van der Waals surface area contributed by atoms with Crippen LogP contribution in [0.15, 0.2) is 28.7 Å². The normalized spacial score (nSPS) is 23.2. The van der Waals surface area contributed by atoms with Gasteiger partial charge in [-0.1, -0.05) is 13.8 Å². The highest BCUT2D eigenvalue weighted by Crippen LogP contribution is 2.57. The molecule has 96 valence electrons. The van der Waals surface area contributed by atoms with Crippen LogP contribution in [0.3, 0.4) is 0 Å². The first kappa shape index (κ1) is 11.7. The second-order valence-corrected chi connectivity index (χ2v) is 5.90. The average molecular weight is 247 g/mol. The van der Waals surface area contributed by atoms with Crippen molar-refractivity contribution >= 4 is 11.0 Å². The van der Waals surface area contributed by atoms with E-state index in [0.717, 1.165) is 16.7 Å². The molecular weight excluding hydrogens is 229 g/mol. The predicted octanol–water partition coefficient (Wildman–Crippen LogP) is 3.88. The van der Waals surface area contributed by atoms with Crippen LogP contribution in [-0.2, 0) is 0 Å². The number of halogens is 1. The minimum atomic E-state index is -0.220. The summed E-state index contributed by atoms with van der Waals surface area (Å²) in [5.74, 6) is 1.28. The van der Waals surface area contributed by atoms with Gasteiger partial charge in [0, 0.05) is 5.39 Å².